The van der Waals surface area contributed by atoms with Gasteiger partial charge in [-0.2, -0.15) is 0 Å². The van der Waals surface area contributed by atoms with Gasteiger partial charge >= 0.3 is 0 Å². The van der Waals surface area contributed by atoms with E-state index in [0.717, 1.165) is 11.1 Å². The lowest BCUT2D eigenvalue weighted by Crippen LogP contribution is -2.48. The molecule has 206 valence electrons. The van der Waals surface area contributed by atoms with Gasteiger partial charge in [0.1, 0.15) is 5.75 Å². The number of amides is 4. The highest BCUT2D eigenvalue weighted by molar-refractivity contribution is 6.24. The summed E-state index contributed by atoms with van der Waals surface area (Å²) in [7, 11) is 0. The molecule has 41 heavy (non-hydrogen) atoms. The highest BCUT2D eigenvalue weighted by Crippen LogP contribution is 2.64. The number of rotatable bonds is 4. The minimum atomic E-state index is -1.17. The number of allylic oxidation sites excluding steroid dienone is 2. The number of phenolic OH excluding ortho intramolecular Hbond substituents is 1. The van der Waals surface area contributed by atoms with E-state index in [1.54, 1.807) is 42.5 Å². The number of para-hydroxylation sites is 2. The molecule has 7 nitrogen and oxygen atoms in total. The summed E-state index contributed by atoms with van der Waals surface area (Å²) in [6, 6.07) is 25.3. The van der Waals surface area contributed by atoms with Crippen molar-refractivity contribution in [3.05, 3.63) is 108 Å². The lowest BCUT2D eigenvalue weighted by molar-refractivity contribution is -0.141. The van der Waals surface area contributed by atoms with Gasteiger partial charge in [0.05, 0.1) is 35.4 Å². The summed E-state index contributed by atoms with van der Waals surface area (Å²) in [5.74, 6) is -3.85. The molecule has 3 aromatic carbocycles. The lowest BCUT2D eigenvalue weighted by Gasteiger charge is -2.49. The van der Waals surface area contributed by atoms with Gasteiger partial charge in [0.2, 0.25) is 23.6 Å². The van der Waals surface area contributed by atoms with E-state index in [4.69, 9.17) is 0 Å². The average molecular weight is 547 g/mol. The number of carbonyl (C=O) groups is 4. The molecule has 0 unspecified atom stereocenters. The Labute approximate surface area is 238 Å². The molecular weight excluding hydrogens is 516 g/mol. The molecule has 1 saturated carbocycles. The smallest absolute Gasteiger partial charge is 0.241 e. The highest BCUT2D eigenvalue weighted by Gasteiger charge is 2.67. The Kier molecular flexibility index (Phi) is 5.75. The van der Waals surface area contributed by atoms with Crippen LogP contribution in [0, 0.1) is 29.1 Å². The molecule has 2 aliphatic heterocycles. The van der Waals surface area contributed by atoms with E-state index in [1.807, 2.05) is 55.5 Å². The Hall–Kier alpha value is -4.52. The Bertz CT molecular complexity index is 1620. The molecule has 4 aliphatic rings. The number of nitrogens with zero attached hydrogens (tertiary/aromatic N) is 2. The summed E-state index contributed by atoms with van der Waals surface area (Å²) in [5.41, 5.74) is 1.63. The van der Waals surface area contributed by atoms with Crippen LogP contribution in [0.3, 0.4) is 0 Å². The van der Waals surface area contributed by atoms with Gasteiger partial charge in [-0.1, -0.05) is 78.4 Å². The van der Waals surface area contributed by atoms with Crippen molar-refractivity contribution in [2.24, 2.45) is 29.1 Å². The quantitative estimate of drug-likeness (QED) is 0.374. The van der Waals surface area contributed by atoms with Gasteiger partial charge in [-0.15, -0.1) is 0 Å². The summed E-state index contributed by atoms with van der Waals surface area (Å²) in [4.78, 5) is 58.6. The van der Waals surface area contributed by atoms with E-state index in [1.165, 1.54) is 9.80 Å². The molecule has 7 heteroatoms. The third-order valence-electron chi connectivity index (χ3n) is 9.81. The molecule has 2 saturated heterocycles. The van der Waals surface area contributed by atoms with E-state index in [9.17, 15) is 24.3 Å². The first kappa shape index (κ1) is 25.4. The number of fused-ring (bicyclic) bond motifs is 4. The fraction of sp³-hybridized carbons (Fsp3) is 0.294. The number of hydrogen-bond acceptors (Lipinski definition) is 5. The van der Waals surface area contributed by atoms with Gasteiger partial charge in [-0.05, 0) is 49.4 Å². The largest absolute Gasteiger partial charge is 0.508 e. The molecule has 0 bridgehead atoms. The van der Waals surface area contributed by atoms with E-state index < -0.39 is 35.0 Å². The zero-order valence-electron chi connectivity index (χ0n) is 22.6. The number of hydrogen-bond donors (Lipinski definition) is 1. The van der Waals surface area contributed by atoms with Crippen LogP contribution in [0.25, 0.3) is 0 Å². The molecule has 0 aromatic heterocycles. The first-order chi connectivity index (χ1) is 19.8. The van der Waals surface area contributed by atoms with Crippen LogP contribution in [0.4, 0.5) is 5.69 Å². The average Bonchev–Trinajstić information content (AvgIpc) is 3.34. The van der Waals surface area contributed by atoms with Crippen molar-refractivity contribution in [3.63, 3.8) is 0 Å². The van der Waals surface area contributed by atoms with Crippen LogP contribution in [0.15, 0.2) is 96.6 Å². The summed E-state index contributed by atoms with van der Waals surface area (Å²) < 4.78 is 0. The molecule has 3 fully saturated rings. The van der Waals surface area contributed by atoms with Gasteiger partial charge in [-0.25, -0.2) is 4.90 Å². The number of carbonyl (C=O) groups excluding carboxylic acids is 4. The summed E-state index contributed by atoms with van der Waals surface area (Å²) in [6.07, 6.45) is 2.67. The fourth-order valence-electron chi connectivity index (χ4n) is 7.90. The Morgan fingerprint density at radius 3 is 2.17 bits per heavy atom. The van der Waals surface area contributed by atoms with Crippen molar-refractivity contribution in [1.29, 1.82) is 0 Å². The molecule has 6 atom stereocenters. The number of likely N-dealkylation sites (tertiary alicyclic amines) is 1. The lowest BCUT2D eigenvalue weighted by atomic mass is 9.51. The second kappa shape index (κ2) is 9.26. The zero-order valence-corrected chi connectivity index (χ0v) is 22.6. The molecule has 0 radical (unpaired) electrons. The fourth-order valence-corrected chi connectivity index (χ4v) is 7.90. The van der Waals surface area contributed by atoms with Gasteiger partial charge in [-0.3, -0.25) is 24.1 Å². The predicted octanol–water partition coefficient (Wildman–Crippen LogP) is 4.82. The predicted molar refractivity (Wildman–Crippen MR) is 151 cm³/mol. The Morgan fingerprint density at radius 2 is 1.46 bits per heavy atom. The minimum absolute atomic E-state index is 0.0408. The maximum atomic E-state index is 14.3. The molecular formula is C34H30N2O5. The standard InChI is InChI=1S/C34H30N2O5/c1-34-26(31(39)36(33(34)41)21-12-6-3-7-13-21)18-25-22(29(34)23-14-8-9-15-27(23)37)16-17-24-28(25)32(40)35(30(24)38)19-20-10-4-2-5-11-20/h2-16,24-26,28-29,37H,17-19H2,1H3/t24-,25+,26-,28-,29+,34+/m0/s1. The topological polar surface area (TPSA) is 95.0 Å². The van der Waals surface area contributed by atoms with Crippen molar-refractivity contribution in [1.82, 2.24) is 4.90 Å². The number of benzene rings is 3. The Balaban J connectivity index is 1.34. The molecule has 3 aromatic rings. The highest BCUT2D eigenvalue weighted by atomic mass is 16.3. The SMILES string of the molecule is C[C@@]12C(=O)N(c3ccccc3)C(=O)[C@@H]1C[C@@H]1C(=CC[C@@H]3C(=O)N(Cc4ccccc4)C(=O)[C@@H]31)[C@@H]2c1ccccc1O. The normalized spacial score (nSPS) is 30.7. The van der Waals surface area contributed by atoms with E-state index in [2.05, 4.69) is 0 Å². The van der Waals surface area contributed by atoms with E-state index >= 15 is 0 Å². The van der Waals surface area contributed by atoms with Crippen LogP contribution >= 0.6 is 0 Å². The van der Waals surface area contributed by atoms with Crippen LogP contribution in [0.2, 0.25) is 0 Å². The van der Waals surface area contributed by atoms with Crippen LogP contribution < -0.4 is 4.90 Å². The van der Waals surface area contributed by atoms with E-state index in [-0.39, 0.29) is 35.9 Å². The van der Waals surface area contributed by atoms with Gasteiger partial charge in [0.15, 0.2) is 0 Å². The summed E-state index contributed by atoms with van der Waals surface area (Å²) in [6.45, 7) is 2.03. The van der Waals surface area contributed by atoms with Crippen LogP contribution in [0.5, 0.6) is 5.75 Å². The molecule has 7 rings (SSSR count). The van der Waals surface area contributed by atoms with Crippen molar-refractivity contribution in [2.75, 3.05) is 4.90 Å². The first-order valence-corrected chi connectivity index (χ1v) is 14.1. The van der Waals surface area contributed by atoms with Gasteiger partial charge in [0, 0.05) is 11.5 Å². The maximum absolute atomic E-state index is 14.3. The third-order valence-corrected chi connectivity index (χ3v) is 9.81. The number of imide groups is 2. The van der Waals surface area contributed by atoms with Gasteiger partial charge < -0.3 is 5.11 Å². The van der Waals surface area contributed by atoms with Crippen LogP contribution in [0.1, 0.15) is 36.8 Å². The molecule has 1 N–H and O–H groups in total. The third kappa shape index (κ3) is 3.57. The first-order valence-electron chi connectivity index (χ1n) is 14.1. The molecule has 0 spiro atoms. The maximum Gasteiger partial charge on any atom is 0.241 e. The second-order valence-electron chi connectivity index (χ2n) is 11.8. The Morgan fingerprint density at radius 1 is 0.805 bits per heavy atom. The molecule has 4 amide bonds. The number of phenols is 1. The number of anilines is 1. The van der Waals surface area contributed by atoms with Crippen LogP contribution in [-0.4, -0.2) is 33.6 Å². The minimum Gasteiger partial charge on any atom is -0.508 e. The van der Waals surface area contributed by atoms with Crippen LogP contribution in [-0.2, 0) is 25.7 Å². The molecule has 2 heterocycles. The van der Waals surface area contributed by atoms with Gasteiger partial charge in [0.25, 0.3) is 0 Å². The monoisotopic (exact) mass is 546 g/mol. The second-order valence-corrected chi connectivity index (χ2v) is 11.8. The van der Waals surface area contributed by atoms with Crippen molar-refractivity contribution < 1.29 is 24.3 Å². The number of aromatic hydroxyl groups is 1. The van der Waals surface area contributed by atoms with E-state index in [0.29, 0.717) is 24.1 Å². The zero-order chi connectivity index (χ0) is 28.5. The van der Waals surface area contributed by atoms with Crippen molar-refractivity contribution in [3.8, 4) is 5.75 Å². The summed E-state index contributed by atoms with van der Waals surface area (Å²) >= 11 is 0. The molecule has 2 aliphatic carbocycles. The van der Waals surface area contributed by atoms with Crippen molar-refractivity contribution >= 4 is 29.3 Å². The summed E-state index contributed by atoms with van der Waals surface area (Å²) in [5, 5.41) is 11.0. The van der Waals surface area contributed by atoms with Crippen molar-refractivity contribution in [2.45, 2.75) is 32.2 Å².